The number of thiazole rings is 1. The number of oxazole rings is 1. The summed E-state index contributed by atoms with van der Waals surface area (Å²) in [6.07, 6.45) is 6.60. The molecule has 5 nitrogen and oxygen atoms in total. The van der Waals surface area contributed by atoms with E-state index in [1.807, 2.05) is 0 Å². The summed E-state index contributed by atoms with van der Waals surface area (Å²) in [5, 5.41) is 3.16. The van der Waals surface area contributed by atoms with Crippen molar-refractivity contribution in [1.29, 1.82) is 0 Å². The summed E-state index contributed by atoms with van der Waals surface area (Å²) in [6.45, 7) is 5.21. The predicted octanol–water partition coefficient (Wildman–Crippen LogP) is 3.11. The number of nitrogens with one attached hydrogen (secondary N) is 1. The lowest BCUT2D eigenvalue weighted by atomic mass is 10.4. The third kappa shape index (κ3) is 3.21. The third-order valence-corrected chi connectivity index (χ3v) is 4.15. The van der Waals surface area contributed by atoms with Gasteiger partial charge in [-0.1, -0.05) is 29.2 Å². The average Bonchev–Trinajstić information content (AvgIpc) is 2.96. The highest BCUT2D eigenvalue weighted by Crippen LogP contribution is 2.39. The summed E-state index contributed by atoms with van der Waals surface area (Å²) < 4.78 is 6.20. The van der Waals surface area contributed by atoms with Gasteiger partial charge in [-0.05, 0) is 0 Å². The Balaban J connectivity index is 2.06. The average molecular weight is 281 g/mol. The van der Waals surface area contributed by atoms with E-state index in [0.29, 0.717) is 11.0 Å². The van der Waals surface area contributed by atoms with E-state index < -0.39 is 0 Å². The lowest BCUT2D eigenvalue weighted by Gasteiger charge is -2.04. The van der Waals surface area contributed by atoms with Gasteiger partial charge in [-0.15, -0.1) is 6.58 Å². The molecule has 1 amide bonds. The van der Waals surface area contributed by atoms with Crippen molar-refractivity contribution in [3.05, 3.63) is 37.2 Å². The molecule has 0 fully saturated rings. The molecular formula is C11H11N3O2S2. The molecule has 1 atom stereocenters. The first-order valence-electron chi connectivity index (χ1n) is 5.11. The number of nitrogens with zero attached hydrogens (tertiary/aromatic N) is 2. The zero-order chi connectivity index (χ0) is 13.0. The molecule has 2 rings (SSSR count). The summed E-state index contributed by atoms with van der Waals surface area (Å²) in [6, 6.07) is 0. The second kappa shape index (κ2) is 5.83. The van der Waals surface area contributed by atoms with Crippen LogP contribution in [0.5, 0.6) is 0 Å². The first-order chi connectivity index (χ1) is 8.69. The summed E-state index contributed by atoms with van der Waals surface area (Å²) in [7, 11) is 0. The van der Waals surface area contributed by atoms with Crippen molar-refractivity contribution in [2.24, 2.45) is 0 Å². The van der Waals surface area contributed by atoms with Crippen molar-refractivity contribution in [3.63, 3.8) is 0 Å². The Morgan fingerprint density at radius 2 is 2.50 bits per heavy atom. The zero-order valence-electron chi connectivity index (χ0n) is 9.62. The third-order valence-electron chi connectivity index (χ3n) is 1.92. The van der Waals surface area contributed by atoms with Gasteiger partial charge in [0.1, 0.15) is 11.5 Å². The second-order valence-electron chi connectivity index (χ2n) is 3.31. The highest BCUT2D eigenvalue weighted by Gasteiger charge is 2.15. The van der Waals surface area contributed by atoms with Gasteiger partial charge in [-0.2, -0.15) is 0 Å². The molecule has 0 spiro atoms. The van der Waals surface area contributed by atoms with Crippen molar-refractivity contribution in [3.8, 4) is 0 Å². The van der Waals surface area contributed by atoms with Gasteiger partial charge in [-0.3, -0.25) is 4.79 Å². The number of hydrogen-bond acceptors (Lipinski definition) is 6. The minimum absolute atomic E-state index is 0.0642. The van der Waals surface area contributed by atoms with Crippen molar-refractivity contribution >= 4 is 34.1 Å². The number of hydrogen-bond donors (Lipinski definition) is 1. The lowest BCUT2D eigenvalue weighted by Crippen LogP contribution is -2.04. The normalized spacial score (nSPS) is 12.1. The lowest BCUT2D eigenvalue weighted by molar-refractivity contribution is -0.114. The molecule has 1 unspecified atom stereocenters. The van der Waals surface area contributed by atoms with Gasteiger partial charge in [0.25, 0.3) is 0 Å². The molecule has 0 saturated heterocycles. The highest BCUT2D eigenvalue weighted by atomic mass is 32.2. The van der Waals surface area contributed by atoms with Crippen LogP contribution in [0.3, 0.4) is 0 Å². The molecule has 0 aliphatic rings. The minimum Gasteiger partial charge on any atom is -0.447 e. The van der Waals surface area contributed by atoms with Gasteiger partial charge in [-0.25, -0.2) is 9.97 Å². The van der Waals surface area contributed by atoms with Crippen LogP contribution in [0, 0.1) is 0 Å². The van der Waals surface area contributed by atoms with E-state index >= 15 is 0 Å². The van der Waals surface area contributed by atoms with E-state index in [4.69, 9.17) is 4.42 Å². The van der Waals surface area contributed by atoms with E-state index in [0.717, 1.165) is 4.21 Å². The molecule has 0 aromatic carbocycles. The van der Waals surface area contributed by atoms with Gasteiger partial charge in [0.2, 0.25) is 11.8 Å². The Morgan fingerprint density at radius 1 is 1.67 bits per heavy atom. The number of carbonyl (C=O) groups excluding carboxylic acids is 1. The molecule has 0 saturated carbocycles. The van der Waals surface area contributed by atoms with Crippen molar-refractivity contribution in [2.45, 2.75) is 16.4 Å². The van der Waals surface area contributed by atoms with Crippen molar-refractivity contribution < 1.29 is 9.21 Å². The second-order valence-corrected chi connectivity index (χ2v) is 5.78. The van der Waals surface area contributed by atoms with Gasteiger partial charge in [0.15, 0.2) is 5.13 Å². The number of aromatic nitrogens is 2. The smallest absolute Gasteiger partial charge is 0.223 e. The highest BCUT2D eigenvalue weighted by molar-refractivity contribution is 8.01. The van der Waals surface area contributed by atoms with Crippen LogP contribution in [0.2, 0.25) is 0 Å². The number of thioether (sulfide) groups is 1. The molecule has 94 valence electrons. The van der Waals surface area contributed by atoms with E-state index in [2.05, 4.69) is 21.9 Å². The van der Waals surface area contributed by atoms with Crippen LogP contribution in [-0.4, -0.2) is 15.9 Å². The van der Waals surface area contributed by atoms with E-state index in [1.165, 1.54) is 36.3 Å². The molecule has 1 N–H and O–H groups in total. The number of carbonyl (C=O) groups is 1. The Bertz CT molecular complexity index is 536. The standard InChI is InChI=1S/C11H11N3O2S2/c1-3-8(10-12-4-5-16-10)17-9-6-13-11(18-9)14-7(2)15/h3-6,8H,1H2,2H3,(H,13,14,15). The van der Waals surface area contributed by atoms with Crippen LogP contribution in [0.25, 0.3) is 0 Å². The topological polar surface area (TPSA) is 68.0 Å². The zero-order valence-corrected chi connectivity index (χ0v) is 11.3. The van der Waals surface area contributed by atoms with Crippen LogP contribution in [0.1, 0.15) is 18.1 Å². The molecule has 0 bridgehead atoms. The Hall–Kier alpha value is -1.60. The Kier molecular flexibility index (Phi) is 4.16. The summed E-state index contributed by atoms with van der Waals surface area (Å²) in [5.41, 5.74) is 0. The van der Waals surface area contributed by atoms with Crippen LogP contribution in [0.15, 0.2) is 39.9 Å². The Morgan fingerprint density at radius 3 is 3.11 bits per heavy atom. The molecule has 2 aromatic heterocycles. The number of anilines is 1. The van der Waals surface area contributed by atoms with Crippen LogP contribution in [-0.2, 0) is 4.79 Å². The van der Waals surface area contributed by atoms with Crippen LogP contribution < -0.4 is 5.32 Å². The van der Waals surface area contributed by atoms with E-state index in [-0.39, 0.29) is 11.2 Å². The maximum absolute atomic E-state index is 10.9. The van der Waals surface area contributed by atoms with E-state index in [1.54, 1.807) is 18.5 Å². The Labute approximate surface area is 112 Å². The quantitative estimate of drug-likeness (QED) is 0.673. The molecule has 18 heavy (non-hydrogen) atoms. The molecule has 2 aromatic rings. The summed E-state index contributed by atoms with van der Waals surface area (Å²) in [5.74, 6) is 0.471. The molecule has 0 radical (unpaired) electrons. The fourth-order valence-corrected chi connectivity index (χ4v) is 3.24. The van der Waals surface area contributed by atoms with Crippen LogP contribution in [0.4, 0.5) is 5.13 Å². The molecule has 0 aliphatic heterocycles. The minimum atomic E-state index is -0.131. The molecular weight excluding hydrogens is 270 g/mol. The molecule has 0 aliphatic carbocycles. The maximum atomic E-state index is 10.9. The number of rotatable bonds is 5. The van der Waals surface area contributed by atoms with E-state index in [9.17, 15) is 4.79 Å². The van der Waals surface area contributed by atoms with Gasteiger partial charge in [0, 0.05) is 6.92 Å². The van der Waals surface area contributed by atoms with Gasteiger partial charge in [0.05, 0.1) is 16.6 Å². The summed E-state index contributed by atoms with van der Waals surface area (Å²) in [4.78, 5) is 19.1. The largest absolute Gasteiger partial charge is 0.447 e. The van der Waals surface area contributed by atoms with Gasteiger partial charge >= 0.3 is 0 Å². The monoisotopic (exact) mass is 281 g/mol. The first-order valence-corrected chi connectivity index (χ1v) is 6.80. The van der Waals surface area contributed by atoms with Crippen molar-refractivity contribution in [1.82, 2.24) is 9.97 Å². The number of amides is 1. The summed E-state index contributed by atoms with van der Waals surface area (Å²) >= 11 is 2.93. The predicted molar refractivity (Wildman–Crippen MR) is 71.7 cm³/mol. The van der Waals surface area contributed by atoms with Crippen molar-refractivity contribution in [2.75, 3.05) is 5.32 Å². The fourth-order valence-electron chi connectivity index (χ4n) is 1.22. The SMILES string of the molecule is C=CC(Sc1cnc(NC(C)=O)s1)c1ncco1. The van der Waals surface area contributed by atoms with Gasteiger partial charge < -0.3 is 9.73 Å². The maximum Gasteiger partial charge on any atom is 0.223 e. The molecule has 7 heteroatoms. The van der Waals surface area contributed by atoms with Crippen LogP contribution >= 0.6 is 23.1 Å². The molecule has 2 heterocycles. The fraction of sp³-hybridized carbons (Fsp3) is 0.182. The first kappa shape index (κ1) is 12.8.